The van der Waals surface area contributed by atoms with Gasteiger partial charge >= 0.3 is 0 Å². The average molecular weight is 246 g/mol. The highest BCUT2D eigenvalue weighted by Gasteiger charge is 2.28. The predicted octanol–water partition coefficient (Wildman–Crippen LogP) is 2.52. The number of carbonyl (C=O) groups excluding carboxylic acids is 2. The lowest BCUT2D eigenvalue weighted by Crippen LogP contribution is -2.06. The number of benzene rings is 1. The van der Waals surface area contributed by atoms with Crippen LogP contribution in [0.2, 0.25) is 0 Å². The Morgan fingerprint density at radius 1 is 1.28 bits per heavy atom. The van der Waals surface area contributed by atoms with Crippen LogP contribution in [0.1, 0.15) is 31.1 Å². The molecular weight excluding hydrogens is 232 g/mol. The summed E-state index contributed by atoms with van der Waals surface area (Å²) >= 11 is 0. The number of rotatable bonds is 3. The molecule has 1 heterocycles. The zero-order chi connectivity index (χ0) is 13.3. The Morgan fingerprint density at radius 3 is 2.61 bits per heavy atom. The Bertz CT molecular complexity index is 551. The molecule has 4 heteroatoms. The van der Waals surface area contributed by atoms with Crippen LogP contribution in [-0.4, -0.2) is 18.2 Å². The summed E-state index contributed by atoms with van der Waals surface area (Å²) in [5, 5.41) is 0. The van der Waals surface area contributed by atoms with Crippen LogP contribution in [0.3, 0.4) is 0 Å². The van der Waals surface area contributed by atoms with Gasteiger partial charge in [0.1, 0.15) is 18.1 Å². The molecule has 1 aliphatic rings. The van der Waals surface area contributed by atoms with Crippen molar-refractivity contribution in [1.82, 2.24) is 0 Å². The maximum atomic E-state index is 11.9. The summed E-state index contributed by atoms with van der Waals surface area (Å²) in [6, 6.07) is 4.95. The van der Waals surface area contributed by atoms with E-state index in [0.29, 0.717) is 22.8 Å². The fourth-order valence-electron chi connectivity index (χ4n) is 1.66. The summed E-state index contributed by atoms with van der Waals surface area (Å²) in [5.74, 6) is 1.21. The fourth-order valence-corrected chi connectivity index (χ4v) is 1.66. The molecule has 0 spiro atoms. The van der Waals surface area contributed by atoms with Crippen molar-refractivity contribution in [2.45, 2.75) is 20.8 Å². The topological polar surface area (TPSA) is 52.6 Å². The molecule has 1 aromatic carbocycles. The van der Waals surface area contributed by atoms with Crippen LogP contribution < -0.4 is 9.47 Å². The first kappa shape index (κ1) is 12.4. The van der Waals surface area contributed by atoms with Gasteiger partial charge < -0.3 is 9.47 Å². The zero-order valence-corrected chi connectivity index (χ0v) is 10.6. The summed E-state index contributed by atoms with van der Waals surface area (Å²) in [5.41, 5.74) is 1.36. The van der Waals surface area contributed by atoms with E-state index in [1.54, 1.807) is 18.2 Å². The van der Waals surface area contributed by atoms with E-state index in [1.807, 2.05) is 13.8 Å². The van der Waals surface area contributed by atoms with Gasteiger partial charge in [-0.3, -0.25) is 9.59 Å². The third kappa shape index (κ3) is 2.27. The summed E-state index contributed by atoms with van der Waals surface area (Å²) in [4.78, 5) is 22.8. The molecule has 0 saturated heterocycles. The standard InChI is InChI=1S/C14H14O4/c1-8(2)14-13(16)11-5-4-10(6-12(11)18-14)17-7-9(3)15/h4-6H,7H2,1-3H3. The van der Waals surface area contributed by atoms with E-state index >= 15 is 0 Å². The first-order valence-electron chi connectivity index (χ1n) is 5.65. The molecule has 2 rings (SSSR count). The number of hydrogen-bond acceptors (Lipinski definition) is 4. The molecule has 1 aromatic rings. The Labute approximate surface area is 105 Å². The summed E-state index contributed by atoms with van der Waals surface area (Å²) in [6.07, 6.45) is 0. The molecule has 0 atom stereocenters. The van der Waals surface area contributed by atoms with Crippen LogP contribution >= 0.6 is 0 Å². The summed E-state index contributed by atoms with van der Waals surface area (Å²) < 4.78 is 10.8. The second kappa shape index (κ2) is 4.64. The van der Waals surface area contributed by atoms with Crippen molar-refractivity contribution < 1.29 is 19.1 Å². The number of allylic oxidation sites excluding steroid dienone is 2. The molecule has 0 bridgehead atoms. The number of hydrogen-bond donors (Lipinski definition) is 0. The summed E-state index contributed by atoms with van der Waals surface area (Å²) in [7, 11) is 0. The van der Waals surface area contributed by atoms with Crippen LogP contribution in [-0.2, 0) is 4.79 Å². The second-order valence-electron chi connectivity index (χ2n) is 4.41. The largest absolute Gasteiger partial charge is 0.486 e. The van der Waals surface area contributed by atoms with Crippen molar-refractivity contribution in [1.29, 1.82) is 0 Å². The molecule has 4 nitrogen and oxygen atoms in total. The molecule has 18 heavy (non-hydrogen) atoms. The minimum absolute atomic E-state index is 0.0161. The third-order valence-corrected chi connectivity index (χ3v) is 2.51. The number of carbonyl (C=O) groups is 2. The normalized spacial score (nSPS) is 13.1. The van der Waals surface area contributed by atoms with Crippen LogP contribution in [0.25, 0.3) is 0 Å². The van der Waals surface area contributed by atoms with E-state index in [9.17, 15) is 9.59 Å². The highest BCUT2D eigenvalue weighted by Crippen LogP contribution is 2.35. The van der Waals surface area contributed by atoms with Crippen molar-refractivity contribution >= 4 is 11.6 Å². The number of ketones is 2. The summed E-state index contributed by atoms with van der Waals surface area (Å²) in [6.45, 7) is 5.12. The molecule has 1 aliphatic heterocycles. The van der Waals surface area contributed by atoms with Gasteiger partial charge in [0.15, 0.2) is 11.5 Å². The van der Waals surface area contributed by atoms with Gasteiger partial charge in [0, 0.05) is 6.07 Å². The molecule has 0 fully saturated rings. The Kier molecular flexibility index (Phi) is 3.19. The minimum Gasteiger partial charge on any atom is -0.486 e. The van der Waals surface area contributed by atoms with Crippen molar-refractivity contribution in [3.8, 4) is 11.5 Å². The molecule has 0 radical (unpaired) electrons. The van der Waals surface area contributed by atoms with Crippen molar-refractivity contribution in [2.75, 3.05) is 6.61 Å². The molecule has 94 valence electrons. The fraction of sp³-hybridized carbons (Fsp3) is 0.286. The van der Waals surface area contributed by atoms with Crippen molar-refractivity contribution in [3.63, 3.8) is 0 Å². The SMILES string of the molecule is CC(=O)COc1ccc2c(c1)OC(=C(C)C)C2=O. The highest BCUT2D eigenvalue weighted by atomic mass is 16.5. The maximum absolute atomic E-state index is 11.9. The van der Waals surface area contributed by atoms with E-state index in [2.05, 4.69) is 0 Å². The van der Waals surface area contributed by atoms with Gasteiger partial charge in [0.25, 0.3) is 0 Å². The van der Waals surface area contributed by atoms with E-state index in [1.165, 1.54) is 6.92 Å². The first-order chi connectivity index (χ1) is 8.49. The van der Waals surface area contributed by atoms with E-state index in [0.717, 1.165) is 5.57 Å². The van der Waals surface area contributed by atoms with Gasteiger partial charge in [-0.25, -0.2) is 0 Å². The van der Waals surface area contributed by atoms with Gasteiger partial charge in [-0.15, -0.1) is 0 Å². The second-order valence-corrected chi connectivity index (χ2v) is 4.41. The molecule has 0 aliphatic carbocycles. The molecule has 0 aromatic heterocycles. The van der Waals surface area contributed by atoms with Gasteiger partial charge in [0.2, 0.25) is 5.78 Å². The van der Waals surface area contributed by atoms with Gasteiger partial charge in [-0.05, 0) is 38.5 Å². The zero-order valence-electron chi connectivity index (χ0n) is 10.6. The Hall–Kier alpha value is -2.10. The molecular formula is C14H14O4. The van der Waals surface area contributed by atoms with Crippen molar-refractivity contribution in [3.05, 3.63) is 35.1 Å². The molecule has 0 unspecified atom stereocenters. The highest BCUT2D eigenvalue weighted by molar-refractivity contribution is 6.12. The van der Waals surface area contributed by atoms with Crippen LogP contribution in [0.5, 0.6) is 11.5 Å². The molecule has 0 saturated carbocycles. The quantitative estimate of drug-likeness (QED) is 0.769. The Balaban J connectivity index is 2.27. The van der Waals surface area contributed by atoms with Crippen molar-refractivity contribution in [2.24, 2.45) is 0 Å². The minimum atomic E-state index is -0.108. The van der Waals surface area contributed by atoms with Gasteiger partial charge in [-0.1, -0.05) is 0 Å². The van der Waals surface area contributed by atoms with Crippen LogP contribution in [0.15, 0.2) is 29.5 Å². The van der Waals surface area contributed by atoms with E-state index in [-0.39, 0.29) is 18.2 Å². The lowest BCUT2D eigenvalue weighted by atomic mass is 10.1. The average Bonchev–Trinajstić information content (AvgIpc) is 2.64. The first-order valence-corrected chi connectivity index (χ1v) is 5.65. The van der Waals surface area contributed by atoms with Gasteiger partial charge in [0.05, 0.1) is 5.56 Å². The number of fused-ring (bicyclic) bond motifs is 1. The molecule has 0 amide bonds. The lowest BCUT2D eigenvalue weighted by Gasteiger charge is -2.05. The van der Waals surface area contributed by atoms with E-state index in [4.69, 9.17) is 9.47 Å². The maximum Gasteiger partial charge on any atom is 0.231 e. The molecule has 0 N–H and O–H groups in total. The van der Waals surface area contributed by atoms with Crippen LogP contribution in [0, 0.1) is 0 Å². The smallest absolute Gasteiger partial charge is 0.231 e. The predicted molar refractivity (Wildman–Crippen MR) is 66.0 cm³/mol. The lowest BCUT2D eigenvalue weighted by molar-refractivity contribution is -0.118. The van der Waals surface area contributed by atoms with Gasteiger partial charge in [-0.2, -0.15) is 0 Å². The number of ether oxygens (including phenoxy) is 2. The third-order valence-electron chi connectivity index (χ3n) is 2.51. The van der Waals surface area contributed by atoms with E-state index < -0.39 is 0 Å². The van der Waals surface area contributed by atoms with Crippen LogP contribution in [0.4, 0.5) is 0 Å². The monoisotopic (exact) mass is 246 g/mol. The number of Topliss-reactive ketones (excluding diaryl/α,β-unsaturated/α-hetero) is 2. The Morgan fingerprint density at radius 2 is 2.00 bits per heavy atom.